The molecule has 0 aromatic heterocycles. The predicted octanol–water partition coefficient (Wildman–Crippen LogP) is 10.1. The average molecular weight is 673 g/mol. The van der Waals surface area contributed by atoms with Crippen LogP contribution in [0.4, 0.5) is 81.6 Å². The normalized spacial score (nSPS) is 11.6. The molecular formula is C29H7F16N. The van der Waals surface area contributed by atoms with Crippen LogP contribution < -0.4 is 4.90 Å². The summed E-state index contributed by atoms with van der Waals surface area (Å²) < 4.78 is 236. The highest BCUT2D eigenvalue weighted by atomic mass is 19.2. The van der Waals surface area contributed by atoms with Crippen LogP contribution in [0.25, 0.3) is 21.9 Å². The minimum absolute atomic E-state index is 0.351. The Kier molecular flexibility index (Phi) is 8.07. The highest BCUT2D eigenvalue weighted by Crippen LogP contribution is 2.49. The van der Waals surface area contributed by atoms with Gasteiger partial charge in [0.1, 0.15) is 0 Å². The molecule has 0 saturated heterocycles. The van der Waals surface area contributed by atoms with E-state index in [0.29, 0.717) is 0 Å². The van der Waals surface area contributed by atoms with Gasteiger partial charge in [-0.1, -0.05) is 30.3 Å². The van der Waals surface area contributed by atoms with Crippen molar-refractivity contribution in [1.82, 2.24) is 0 Å². The maximum Gasteiger partial charge on any atom is 0.200 e. The lowest BCUT2D eigenvalue weighted by Crippen LogP contribution is -2.24. The Morgan fingerprint density at radius 3 is 1.17 bits per heavy atom. The minimum atomic E-state index is -2.96. The van der Waals surface area contributed by atoms with Crippen LogP contribution in [0.1, 0.15) is 5.56 Å². The predicted molar refractivity (Wildman–Crippen MR) is 127 cm³/mol. The molecule has 0 aliphatic heterocycles. The van der Waals surface area contributed by atoms with Crippen molar-refractivity contribution in [3.05, 3.63) is 129 Å². The third-order valence-corrected chi connectivity index (χ3v) is 6.74. The second-order valence-electron chi connectivity index (χ2n) is 9.29. The van der Waals surface area contributed by atoms with E-state index in [-0.39, 0.29) is 5.56 Å². The van der Waals surface area contributed by atoms with E-state index in [1.54, 1.807) is 0 Å². The summed E-state index contributed by atoms with van der Waals surface area (Å²) in [7, 11) is 0. The second kappa shape index (κ2) is 11.4. The molecule has 1 nitrogen and oxygen atoms in total. The summed E-state index contributed by atoms with van der Waals surface area (Å²) in [5.74, 6) is -45.7. The first-order valence-corrected chi connectivity index (χ1v) is 12.1. The van der Waals surface area contributed by atoms with Crippen LogP contribution in [-0.4, -0.2) is 0 Å². The first-order chi connectivity index (χ1) is 21.5. The van der Waals surface area contributed by atoms with Gasteiger partial charge < -0.3 is 4.90 Å². The number of nitrogens with zero attached hydrogens (tertiary/aromatic N) is 1. The summed E-state index contributed by atoms with van der Waals surface area (Å²) in [4.78, 5) is -0.455. The zero-order chi connectivity index (χ0) is 34.1. The van der Waals surface area contributed by atoms with E-state index in [0.717, 1.165) is 24.3 Å². The lowest BCUT2D eigenvalue weighted by atomic mass is 9.96. The molecule has 5 rings (SSSR count). The highest BCUT2D eigenvalue weighted by Gasteiger charge is 2.39. The molecular weight excluding hydrogens is 666 g/mol. The number of rotatable bonds is 5. The van der Waals surface area contributed by atoms with Crippen molar-refractivity contribution in [2.24, 2.45) is 0 Å². The Hall–Kier alpha value is -4.96. The molecule has 46 heavy (non-hydrogen) atoms. The Morgan fingerprint density at radius 1 is 0.326 bits per heavy atom. The number of hydrogen-bond donors (Lipinski definition) is 0. The summed E-state index contributed by atoms with van der Waals surface area (Å²) in [6, 6.07) is 5.57. The molecule has 5 aromatic rings. The summed E-state index contributed by atoms with van der Waals surface area (Å²) in [6.45, 7) is -1.44. The van der Waals surface area contributed by atoms with E-state index in [2.05, 4.69) is 0 Å². The molecule has 0 amide bonds. The molecule has 240 valence electrons. The van der Waals surface area contributed by atoms with Gasteiger partial charge in [0.25, 0.3) is 0 Å². The van der Waals surface area contributed by atoms with Crippen molar-refractivity contribution in [3.8, 4) is 11.1 Å². The van der Waals surface area contributed by atoms with Gasteiger partial charge in [0.2, 0.25) is 5.82 Å². The lowest BCUT2D eigenvalue weighted by molar-refractivity contribution is 0.379. The molecule has 0 spiro atoms. The maximum absolute atomic E-state index is 15.7. The van der Waals surface area contributed by atoms with E-state index in [4.69, 9.17) is 0 Å². The monoisotopic (exact) mass is 673 g/mol. The number of hydrogen-bond acceptors (Lipinski definition) is 1. The highest BCUT2D eigenvalue weighted by molar-refractivity contribution is 6.00. The Balaban J connectivity index is 2.09. The summed E-state index contributed by atoms with van der Waals surface area (Å²) in [5, 5.41) is -4.36. The van der Waals surface area contributed by atoms with E-state index < -0.39 is 138 Å². The second-order valence-corrected chi connectivity index (χ2v) is 9.29. The van der Waals surface area contributed by atoms with Gasteiger partial charge in [0.05, 0.1) is 33.3 Å². The zero-order valence-electron chi connectivity index (χ0n) is 21.6. The molecule has 5 aromatic carbocycles. The standard InChI is InChI=1S/C29H7F16N/c30-12-9-11(16(34)21(39)18(12)36)28(26(44)23(41)15(9)33)46(6-7-4-2-1-3-5-7)29-10(17(35)22(40)25(43)27(29)45)8-13(31)19(37)24(42)20(38)14(8)32/h1-5H,6H2. The fourth-order valence-electron chi connectivity index (χ4n) is 4.70. The van der Waals surface area contributed by atoms with E-state index in [1.807, 2.05) is 0 Å². The van der Waals surface area contributed by atoms with Crippen LogP contribution in [0.2, 0.25) is 0 Å². The number of benzene rings is 5. The van der Waals surface area contributed by atoms with Gasteiger partial charge in [0, 0.05) is 6.54 Å². The van der Waals surface area contributed by atoms with E-state index in [1.165, 1.54) is 6.07 Å². The molecule has 0 saturated carbocycles. The van der Waals surface area contributed by atoms with Gasteiger partial charge >= 0.3 is 0 Å². The SMILES string of the molecule is Fc1c(F)c(F)c(-c2c(F)c(F)c(F)c(F)c2N(Cc2ccccc2)c2c(F)c(F)c(F)c3c(F)c(F)c(F)c(F)c23)c(F)c1F. The lowest BCUT2D eigenvalue weighted by Gasteiger charge is -2.30. The molecule has 0 aliphatic carbocycles. The molecule has 0 aliphatic rings. The van der Waals surface area contributed by atoms with Crippen LogP contribution >= 0.6 is 0 Å². The Morgan fingerprint density at radius 2 is 0.674 bits per heavy atom. The summed E-state index contributed by atoms with van der Waals surface area (Å²) in [6.07, 6.45) is 0. The van der Waals surface area contributed by atoms with Gasteiger partial charge in [-0.25, -0.2) is 70.2 Å². The third kappa shape index (κ3) is 4.58. The van der Waals surface area contributed by atoms with Gasteiger partial charge in [-0.15, -0.1) is 0 Å². The van der Waals surface area contributed by atoms with Crippen LogP contribution in [0, 0.1) is 93.1 Å². The third-order valence-electron chi connectivity index (χ3n) is 6.74. The molecule has 0 unspecified atom stereocenters. The molecule has 0 atom stereocenters. The first kappa shape index (κ1) is 32.4. The van der Waals surface area contributed by atoms with Crippen LogP contribution in [-0.2, 0) is 6.54 Å². The van der Waals surface area contributed by atoms with E-state index >= 15 is 17.6 Å². The largest absolute Gasteiger partial charge is 0.331 e. The molecule has 0 heterocycles. The summed E-state index contributed by atoms with van der Waals surface area (Å²) >= 11 is 0. The van der Waals surface area contributed by atoms with Crippen LogP contribution in [0.5, 0.6) is 0 Å². The van der Waals surface area contributed by atoms with Gasteiger partial charge in [0.15, 0.2) is 87.3 Å². The van der Waals surface area contributed by atoms with Crippen molar-refractivity contribution in [3.63, 3.8) is 0 Å². The molecule has 17 heteroatoms. The average Bonchev–Trinajstić information content (AvgIpc) is 3.04. The molecule has 0 N–H and O–H groups in total. The zero-order valence-corrected chi connectivity index (χ0v) is 21.6. The van der Waals surface area contributed by atoms with Gasteiger partial charge in [-0.3, -0.25) is 0 Å². The molecule has 0 radical (unpaired) electrons. The van der Waals surface area contributed by atoms with Crippen molar-refractivity contribution >= 4 is 22.1 Å². The molecule has 0 fully saturated rings. The maximum atomic E-state index is 15.7. The molecule has 0 bridgehead atoms. The van der Waals surface area contributed by atoms with Crippen molar-refractivity contribution in [2.45, 2.75) is 6.54 Å². The van der Waals surface area contributed by atoms with Crippen molar-refractivity contribution in [1.29, 1.82) is 0 Å². The number of fused-ring (bicyclic) bond motifs is 1. The Bertz CT molecular complexity index is 2060. The van der Waals surface area contributed by atoms with Crippen LogP contribution in [0.15, 0.2) is 30.3 Å². The summed E-state index contributed by atoms with van der Waals surface area (Å²) in [5.41, 5.74) is -9.74. The fraction of sp³-hybridized carbons (Fsp3) is 0.0345. The Labute approximate surface area is 244 Å². The van der Waals surface area contributed by atoms with Gasteiger partial charge in [-0.2, -0.15) is 0 Å². The van der Waals surface area contributed by atoms with Gasteiger partial charge in [-0.05, 0) is 5.56 Å². The minimum Gasteiger partial charge on any atom is -0.331 e. The topological polar surface area (TPSA) is 3.24 Å². The smallest absolute Gasteiger partial charge is 0.200 e. The van der Waals surface area contributed by atoms with E-state index in [9.17, 15) is 52.7 Å². The number of halogens is 16. The quantitative estimate of drug-likeness (QED) is 0.102. The fourth-order valence-corrected chi connectivity index (χ4v) is 4.70. The van der Waals surface area contributed by atoms with Crippen molar-refractivity contribution < 1.29 is 70.2 Å². The number of anilines is 2. The van der Waals surface area contributed by atoms with Crippen LogP contribution in [0.3, 0.4) is 0 Å². The van der Waals surface area contributed by atoms with Crippen molar-refractivity contribution in [2.75, 3.05) is 4.90 Å². The first-order valence-electron chi connectivity index (χ1n) is 12.1.